The van der Waals surface area contributed by atoms with Crippen LogP contribution in [0.15, 0.2) is 30.3 Å². The molecule has 0 saturated carbocycles. The summed E-state index contributed by atoms with van der Waals surface area (Å²) in [6, 6.07) is 8.61. The Bertz CT molecular complexity index is 761. The number of alkyl carbamates (subject to hydrolysis) is 1. The number of carbonyl (C=O) groups is 4. The summed E-state index contributed by atoms with van der Waals surface area (Å²) in [5, 5.41) is 16.9. The molecule has 184 valence electrons. The van der Waals surface area contributed by atoms with E-state index in [1.807, 2.05) is 30.3 Å². The van der Waals surface area contributed by atoms with Crippen molar-refractivity contribution in [2.75, 3.05) is 13.1 Å². The number of carboxylic acid groups (broad SMARTS) is 1. The van der Waals surface area contributed by atoms with Gasteiger partial charge in [0.15, 0.2) is 0 Å². The quantitative estimate of drug-likeness (QED) is 0.313. The minimum Gasteiger partial charge on any atom is -0.481 e. The van der Waals surface area contributed by atoms with E-state index in [-0.39, 0.29) is 24.8 Å². The van der Waals surface area contributed by atoms with Gasteiger partial charge in [0.2, 0.25) is 11.8 Å². The highest BCUT2D eigenvalue weighted by molar-refractivity contribution is 5.89. The number of amides is 3. The van der Waals surface area contributed by atoms with Gasteiger partial charge >= 0.3 is 12.1 Å². The summed E-state index contributed by atoms with van der Waals surface area (Å²) in [7, 11) is 0. The summed E-state index contributed by atoms with van der Waals surface area (Å²) in [4.78, 5) is 47.4. The van der Waals surface area contributed by atoms with Crippen molar-refractivity contribution in [3.63, 3.8) is 0 Å². The molecule has 0 heterocycles. The Morgan fingerprint density at radius 1 is 0.939 bits per heavy atom. The molecule has 0 unspecified atom stereocenters. The number of aliphatic carboxylic acids is 1. The van der Waals surface area contributed by atoms with Crippen LogP contribution in [0, 0.1) is 5.41 Å². The number of unbranched alkanes of at least 4 members (excludes halogenated alkanes) is 2. The number of hydrogen-bond acceptors (Lipinski definition) is 5. The highest BCUT2D eigenvalue weighted by Crippen LogP contribution is 2.14. The molecule has 0 bridgehead atoms. The van der Waals surface area contributed by atoms with E-state index in [9.17, 15) is 19.2 Å². The minimum atomic E-state index is -0.832. The lowest BCUT2D eigenvalue weighted by Gasteiger charge is -2.24. The molecule has 1 aromatic carbocycles. The van der Waals surface area contributed by atoms with E-state index in [0.29, 0.717) is 45.2 Å². The van der Waals surface area contributed by atoms with Crippen molar-refractivity contribution in [1.29, 1.82) is 0 Å². The molecule has 0 aromatic heterocycles. The van der Waals surface area contributed by atoms with Gasteiger partial charge in [-0.25, -0.2) is 4.79 Å². The summed E-state index contributed by atoms with van der Waals surface area (Å²) in [5.41, 5.74) is 0.242. The predicted octanol–water partition coefficient (Wildman–Crippen LogP) is 2.99. The predicted molar refractivity (Wildman–Crippen MR) is 124 cm³/mol. The van der Waals surface area contributed by atoms with E-state index in [4.69, 9.17) is 9.84 Å². The SMILES string of the molecule is CC(C)(C)C(=O)N[C@@H](CCCNC(=O)OCc1ccccc1)C(=O)NCCCCCC(=O)O. The van der Waals surface area contributed by atoms with Crippen molar-refractivity contribution >= 4 is 23.9 Å². The maximum absolute atomic E-state index is 12.6. The molecule has 0 radical (unpaired) electrons. The van der Waals surface area contributed by atoms with Crippen LogP contribution in [0.2, 0.25) is 0 Å². The summed E-state index contributed by atoms with van der Waals surface area (Å²) in [6.45, 7) is 6.19. The lowest BCUT2D eigenvalue weighted by molar-refractivity contribution is -0.137. The number of carboxylic acids is 1. The fraction of sp³-hybridized carbons (Fsp3) is 0.583. The Morgan fingerprint density at radius 3 is 2.24 bits per heavy atom. The average Bonchev–Trinajstić information content (AvgIpc) is 2.76. The smallest absolute Gasteiger partial charge is 0.407 e. The Labute approximate surface area is 195 Å². The fourth-order valence-electron chi connectivity index (χ4n) is 2.83. The molecular formula is C24H37N3O6. The van der Waals surface area contributed by atoms with E-state index in [2.05, 4.69) is 16.0 Å². The van der Waals surface area contributed by atoms with Crippen LogP contribution in [0.5, 0.6) is 0 Å². The summed E-state index contributed by atoms with van der Waals surface area (Å²) < 4.78 is 5.16. The second-order valence-electron chi connectivity index (χ2n) is 8.90. The Balaban J connectivity index is 2.41. The Hall–Kier alpha value is -3.10. The van der Waals surface area contributed by atoms with Gasteiger partial charge < -0.3 is 25.8 Å². The number of hydrogen-bond donors (Lipinski definition) is 4. The summed E-state index contributed by atoms with van der Waals surface area (Å²) in [6.07, 6.45) is 2.31. The van der Waals surface area contributed by atoms with Crippen LogP contribution in [0.4, 0.5) is 4.79 Å². The van der Waals surface area contributed by atoms with Crippen LogP contribution in [-0.2, 0) is 25.7 Å². The van der Waals surface area contributed by atoms with Crippen molar-refractivity contribution < 1.29 is 29.0 Å². The number of benzene rings is 1. The molecule has 0 aliphatic heterocycles. The monoisotopic (exact) mass is 463 g/mol. The van der Waals surface area contributed by atoms with Gasteiger partial charge in [-0.3, -0.25) is 14.4 Å². The van der Waals surface area contributed by atoms with Crippen molar-refractivity contribution in [3.05, 3.63) is 35.9 Å². The second-order valence-corrected chi connectivity index (χ2v) is 8.90. The van der Waals surface area contributed by atoms with Crippen LogP contribution in [0.3, 0.4) is 0 Å². The van der Waals surface area contributed by atoms with Gasteiger partial charge in [-0.1, -0.05) is 57.5 Å². The third-order valence-electron chi connectivity index (χ3n) is 4.82. The molecule has 0 aliphatic rings. The molecule has 3 amide bonds. The number of carbonyl (C=O) groups excluding carboxylic acids is 3. The normalized spacial score (nSPS) is 11.8. The first-order chi connectivity index (χ1) is 15.6. The molecule has 0 aliphatic carbocycles. The first-order valence-corrected chi connectivity index (χ1v) is 11.3. The van der Waals surface area contributed by atoms with Crippen LogP contribution < -0.4 is 16.0 Å². The van der Waals surface area contributed by atoms with Gasteiger partial charge in [0, 0.05) is 24.9 Å². The lowest BCUT2D eigenvalue weighted by atomic mass is 9.94. The largest absolute Gasteiger partial charge is 0.481 e. The average molecular weight is 464 g/mol. The highest BCUT2D eigenvalue weighted by atomic mass is 16.5. The van der Waals surface area contributed by atoms with Gasteiger partial charge in [-0.05, 0) is 31.2 Å². The molecule has 1 rings (SSSR count). The van der Waals surface area contributed by atoms with Crippen molar-refractivity contribution in [1.82, 2.24) is 16.0 Å². The van der Waals surface area contributed by atoms with E-state index < -0.39 is 23.5 Å². The van der Waals surface area contributed by atoms with Crippen molar-refractivity contribution in [2.45, 2.75) is 71.9 Å². The van der Waals surface area contributed by atoms with E-state index in [1.54, 1.807) is 20.8 Å². The first kappa shape index (κ1) is 27.9. The minimum absolute atomic E-state index is 0.110. The van der Waals surface area contributed by atoms with Crippen LogP contribution in [0.25, 0.3) is 0 Å². The fourth-order valence-corrected chi connectivity index (χ4v) is 2.83. The highest BCUT2D eigenvalue weighted by Gasteiger charge is 2.27. The summed E-state index contributed by atoms with van der Waals surface area (Å²) in [5.74, 6) is -1.36. The Kier molecular flexibility index (Phi) is 12.6. The second kappa shape index (κ2) is 14.9. The van der Waals surface area contributed by atoms with Crippen LogP contribution >= 0.6 is 0 Å². The van der Waals surface area contributed by atoms with E-state index in [1.165, 1.54) is 0 Å². The molecule has 9 nitrogen and oxygen atoms in total. The number of rotatable bonds is 14. The molecule has 1 atom stereocenters. The summed E-state index contributed by atoms with van der Waals surface area (Å²) >= 11 is 0. The molecule has 1 aromatic rings. The topological polar surface area (TPSA) is 134 Å². The molecule has 0 fully saturated rings. The third-order valence-corrected chi connectivity index (χ3v) is 4.82. The third kappa shape index (κ3) is 13.1. The van der Waals surface area contributed by atoms with Crippen molar-refractivity contribution in [2.24, 2.45) is 5.41 Å². The zero-order chi connectivity index (χ0) is 24.7. The van der Waals surface area contributed by atoms with Crippen LogP contribution in [-0.4, -0.2) is 48.1 Å². The lowest BCUT2D eigenvalue weighted by Crippen LogP contribution is -2.50. The van der Waals surface area contributed by atoms with Gasteiger partial charge in [0.05, 0.1) is 0 Å². The van der Waals surface area contributed by atoms with Gasteiger partial charge in [-0.15, -0.1) is 0 Å². The van der Waals surface area contributed by atoms with E-state index in [0.717, 1.165) is 5.56 Å². The molecule has 33 heavy (non-hydrogen) atoms. The van der Waals surface area contributed by atoms with E-state index >= 15 is 0 Å². The standard InChI is InChI=1S/C24H37N3O6/c1-24(2,3)22(31)27-19(21(30)25-15-9-5-8-14-20(28)29)13-10-16-26-23(32)33-17-18-11-6-4-7-12-18/h4,6-7,11-12,19H,5,8-10,13-17H2,1-3H3,(H,25,30)(H,26,32)(H,27,31)(H,28,29)/t19-/m0/s1. The maximum Gasteiger partial charge on any atom is 0.407 e. The van der Waals surface area contributed by atoms with Crippen LogP contribution in [0.1, 0.15) is 64.9 Å². The molecule has 4 N–H and O–H groups in total. The zero-order valence-corrected chi connectivity index (χ0v) is 19.8. The Morgan fingerprint density at radius 2 is 1.61 bits per heavy atom. The zero-order valence-electron chi connectivity index (χ0n) is 19.8. The molecular weight excluding hydrogens is 426 g/mol. The molecule has 0 saturated heterocycles. The molecule has 9 heteroatoms. The number of nitrogens with one attached hydrogen (secondary N) is 3. The van der Waals surface area contributed by atoms with Gasteiger partial charge in [0.1, 0.15) is 12.6 Å². The maximum atomic E-state index is 12.6. The van der Waals surface area contributed by atoms with Crippen molar-refractivity contribution in [3.8, 4) is 0 Å². The number of ether oxygens (including phenoxy) is 1. The van der Waals surface area contributed by atoms with Gasteiger partial charge in [0.25, 0.3) is 0 Å². The van der Waals surface area contributed by atoms with Gasteiger partial charge in [-0.2, -0.15) is 0 Å². The molecule has 0 spiro atoms. The first-order valence-electron chi connectivity index (χ1n) is 11.3.